The van der Waals surface area contributed by atoms with Gasteiger partial charge in [0.2, 0.25) is 0 Å². The van der Waals surface area contributed by atoms with Crippen LogP contribution >= 0.6 is 11.3 Å². The number of aryl methyl sites for hydroxylation is 1. The van der Waals surface area contributed by atoms with Crippen molar-refractivity contribution in [2.75, 3.05) is 32.7 Å². The molecule has 0 saturated carbocycles. The van der Waals surface area contributed by atoms with Gasteiger partial charge in [-0.2, -0.15) is 5.10 Å². The number of hydrogen-bond donors (Lipinski definition) is 1. The lowest BCUT2D eigenvalue weighted by Gasteiger charge is -2.35. The Morgan fingerprint density at radius 1 is 1.29 bits per heavy atom. The summed E-state index contributed by atoms with van der Waals surface area (Å²) in [5.41, 5.74) is 0.0445. The average Bonchev–Trinajstić information content (AvgIpc) is 3.12. The van der Waals surface area contributed by atoms with E-state index in [1.165, 1.54) is 23.9 Å². The van der Waals surface area contributed by atoms with Crippen LogP contribution in [0.4, 0.5) is 0 Å². The molecular weight excluding hydrogens is 328 g/mol. The Morgan fingerprint density at radius 2 is 2.04 bits per heavy atom. The number of amides is 1. The zero-order valence-corrected chi connectivity index (χ0v) is 14.3. The standard InChI is InChI=1S/C16H20N4O3S/c1-18-15(22)5-4-12(17-18)16(23)20-8-6-19(7-9-20)11-13(21)14-3-2-10-24-14/h2-5,10,13,21H,6-9,11H2,1H3. The molecule has 1 amide bonds. The molecule has 1 N–H and O–H groups in total. The van der Waals surface area contributed by atoms with E-state index in [9.17, 15) is 14.7 Å². The van der Waals surface area contributed by atoms with E-state index in [-0.39, 0.29) is 17.2 Å². The molecular formula is C16H20N4O3S. The first kappa shape index (κ1) is 16.8. The predicted octanol–water partition coefficient (Wildman–Crippen LogP) is 0.333. The van der Waals surface area contributed by atoms with Crippen molar-refractivity contribution in [3.05, 3.63) is 50.6 Å². The summed E-state index contributed by atoms with van der Waals surface area (Å²) in [5.74, 6) is -0.163. The van der Waals surface area contributed by atoms with Crippen LogP contribution in [-0.2, 0) is 7.05 Å². The molecule has 2 aromatic rings. The zero-order chi connectivity index (χ0) is 17.1. The quantitative estimate of drug-likeness (QED) is 0.862. The molecule has 1 fully saturated rings. The van der Waals surface area contributed by atoms with Crippen LogP contribution in [0, 0.1) is 0 Å². The molecule has 0 bridgehead atoms. The summed E-state index contributed by atoms with van der Waals surface area (Å²) < 4.78 is 1.17. The van der Waals surface area contributed by atoms with E-state index < -0.39 is 6.10 Å². The summed E-state index contributed by atoms with van der Waals surface area (Å²) in [7, 11) is 1.53. The molecule has 128 valence electrons. The Morgan fingerprint density at radius 3 is 2.67 bits per heavy atom. The van der Waals surface area contributed by atoms with Crippen LogP contribution in [-0.4, -0.2) is 63.3 Å². The van der Waals surface area contributed by atoms with Gasteiger partial charge in [-0.25, -0.2) is 4.68 Å². The number of aliphatic hydroxyl groups is 1. The van der Waals surface area contributed by atoms with E-state index in [0.29, 0.717) is 32.7 Å². The van der Waals surface area contributed by atoms with Crippen molar-refractivity contribution in [2.45, 2.75) is 6.10 Å². The topological polar surface area (TPSA) is 78.7 Å². The van der Waals surface area contributed by atoms with Crippen molar-refractivity contribution in [2.24, 2.45) is 7.05 Å². The molecule has 24 heavy (non-hydrogen) atoms. The molecule has 3 heterocycles. The van der Waals surface area contributed by atoms with Crippen LogP contribution in [0.5, 0.6) is 0 Å². The molecule has 0 radical (unpaired) electrons. The van der Waals surface area contributed by atoms with Gasteiger partial charge in [-0.3, -0.25) is 14.5 Å². The third kappa shape index (κ3) is 3.72. The van der Waals surface area contributed by atoms with Gasteiger partial charge in [-0.1, -0.05) is 6.07 Å². The number of rotatable bonds is 4. The minimum absolute atomic E-state index is 0.163. The van der Waals surface area contributed by atoms with E-state index in [0.717, 1.165) is 4.88 Å². The van der Waals surface area contributed by atoms with E-state index in [1.54, 1.807) is 16.2 Å². The average molecular weight is 348 g/mol. The monoisotopic (exact) mass is 348 g/mol. The van der Waals surface area contributed by atoms with Gasteiger partial charge in [0.05, 0.1) is 0 Å². The smallest absolute Gasteiger partial charge is 0.274 e. The Hall–Kier alpha value is -2.03. The van der Waals surface area contributed by atoms with E-state index in [2.05, 4.69) is 10.00 Å². The fourth-order valence-corrected chi connectivity index (χ4v) is 3.43. The van der Waals surface area contributed by atoms with Gasteiger partial charge in [0.25, 0.3) is 11.5 Å². The van der Waals surface area contributed by atoms with Gasteiger partial charge in [0.15, 0.2) is 0 Å². The van der Waals surface area contributed by atoms with Gasteiger partial charge < -0.3 is 10.0 Å². The van der Waals surface area contributed by atoms with Crippen LogP contribution in [0.1, 0.15) is 21.5 Å². The Bertz CT molecular complexity index is 751. The summed E-state index contributed by atoms with van der Waals surface area (Å²) >= 11 is 1.55. The lowest BCUT2D eigenvalue weighted by atomic mass is 10.2. The fourth-order valence-electron chi connectivity index (χ4n) is 2.73. The molecule has 1 saturated heterocycles. The molecule has 7 nitrogen and oxygen atoms in total. The summed E-state index contributed by atoms with van der Waals surface area (Å²) in [6.45, 7) is 3.15. The molecule has 1 aliphatic heterocycles. The third-order valence-corrected chi connectivity index (χ3v) is 5.12. The van der Waals surface area contributed by atoms with Crippen molar-refractivity contribution in [3.8, 4) is 0 Å². The molecule has 0 aromatic carbocycles. The molecule has 1 unspecified atom stereocenters. The highest BCUT2D eigenvalue weighted by Gasteiger charge is 2.24. The van der Waals surface area contributed by atoms with Crippen LogP contribution in [0.3, 0.4) is 0 Å². The predicted molar refractivity (Wildman–Crippen MR) is 91.1 cm³/mol. The number of aromatic nitrogens is 2. The van der Waals surface area contributed by atoms with E-state index in [4.69, 9.17) is 0 Å². The normalized spacial score (nSPS) is 17.0. The maximum atomic E-state index is 12.5. The molecule has 2 aromatic heterocycles. The molecule has 8 heteroatoms. The van der Waals surface area contributed by atoms with Crippen LogP contribution in [0.2, 0.25) is 0 Å². The van der Waals surface area contributed by atoms with Crippen LogP contribution in [0.25, 0.3) is 0 Å². The van der Waals surface area contributed by atoms with Crippen molar-refractivity contribution >= 4 is 17.2 Å². The van der Waals surface area contributed by atoms with Crippen molar-refractivity contribution < 1.29 is 9.90 Å². The number of aliphatic hydroxyl groups excluding tert-OH is 1. The largest absolute Gasteiger partial charge is 0.386 e. The highest BCUT2D eigenvalue weighted by molar-refractivity contribution is 7.10. The molecule has 3 rings (SSSR count). The first-order valence-electron chi connectivity index (χ1n) is 7.82. The lowest BCUT2D eigenvalue weighted by molar-refractivity contribution is 0.0526. The number of β-amino-alcohol motifs (C(OH)–C–C–N with tert-alkyl or cyclic N) is 1. The van der Waals surface area contributed by atoms with E-state index in [1.807, 2.05) is 17.5 Å². The van der Waals surface area contributed by atoms with Crippen molar-refractivity contribution in [1.82, 2.24) is 19.6 Å². The second-order valence-electron chi connectivity index (χ2n) is 5.80. The van der Waals surface area contributed by atoms with Crippen LogP contribution < -0.4 is 5.56 Å². The maximum Gasteiger partial charge on any atom is 0.274 e. The summed E-state index contributed by atoms with van der Waals surface area (Å²) in [4.78, 5) is 28.7. The Balaban J connectivity index is 1.55. The highest BCUT2D eigenvalue weighted by atomic mass is 32.1. The third-order valence-electron chi connectivity index (χ3n) is 4.14. The second kappa shape index (κ2) is 7.25. The molecule has 1 atom stereocenters. The molecule has 1 aliphatic rings. The summed E-state index contributed by atoms with van der Waals surface area (Å²) in [5, 5.41) is 16.2. The summed E-state index contributed by atoms with van der Waals surface area (Å²) in [6.07, 6.45) is -0.488. The van der Waals surface area contributed by atoms with Crippen molar-refractivity contribution in [1.29, 1.82) is 0 Å². The number of hydrogen-bond acceptors (Lipinski definition) is 6. The first-order chi connectivity index (χ1) is 11.5. The number of nitrogens with zero attached hydrogens (tertiary/aromatic N) is 4. The second-order valence-corrected chi connectivity index (χ2v) is 6.78. The number of carbonyl (C=O) groups excluding carboxylic acids is 1. The Labute approximate surface area is 143 Å². The first-order valence-corrected chi connectivity index (χ1v) is 8.70. The van der Waals surface area contributed by atoms with Crippen LogP contribution in [0.15, 0.2) is 34.4 Å². The fraction of sp³-hybridized carbons (Fsp3) is 0.438. The highest BCUT2D eigenvalue weighted by Crippen LogP contribution is 2.20. The number of thiophene rings is 1. The van der Waals surface area contributed by atoms with Gasteiger partial charge >= 0.3 is 0 Å². The minimum Gasteiger partial charge on any atom is -0.386 e. The SMILES string of the molecule is Cn1nc(C(=O)N2CCN(CC(O)c3cccs3)CC2)ccc1=O. The lowest BCUT2D eigenvalue weighted by Crippen LogP contribution is -2.49. The summed E-state index contributed by atoms with van der Waals surface area (Å²) in [6, 6.07) is 6.69. The van der Waals surface area contributed by atoms with Gasteiger partial charge in [0, 0.05) is 50.7 Å². The van der Waals surface area contributed by atoms with Crippen molar-refractivity contribution in [3.63, 3.8) is 0 Å². The maximum absolute atomic E-state index is 12.5. The molecule has 0 aliphatic carbocycles. The molecule has 0 spiro atoms. The van der Waals surface area contributed by atoms with E-state index >= 15 is 0 Å². The number of carbonyl (C=O) groups is 1. The van der Waals surface area contributed by atoms with Gasteiger partial charge in [-0.05, 0) is 17.5 Å². The minimum atomic E-state index is -0.488. The zero-order valence-electron chi connectivity index (χ0n) is 13.5. The van der Waals surface area contributed by atoms with Gasteiger partial charge in [0.1, 0.15) is 11.8 Å². The number of piperazine rings is 1. The Kier molecular flexibility index (Phi) is 5.08. The van der Waals surface area contributed by atoms with Gasteiger partial charge in [-0.15, -0.1) is 11.3 Å².